The van der Waals surface area contributed by atoms with Crippen molar-refractivity contribution in [1.82, 2.24) is 0 Å². The van der Waals surface area contributed by atoms with E-state index in [-0.39, 0.29) is 0 Å². The molecule has 5 rings (SSSR count). The van der Waals surface area contributed by atoms with Gasteiger partial charge >= 0.3 is 0 Å². The van der Waals surface area contributed by atoms with Crippen LogP contribution in [-0.4, -0.2) is 0 Å². The Hall–Kier alpha value is -2.34. The molecule has 0 fully saturated rings. The van der Waals surface area contributed by atoms with Gasteiger partial charge in [0.25, 0.3) is 0 Å². The Morgan fingerprint density at radius 2 is 1.10 bits per heavy atom. The summed E-state index contributed by atoms with van der Waals surface area (Å²) < 4.78 is 0. The minimum atomic E-state index is 0.535. The van der Waals surface area contributed by atoms with Gasteiger partial charge in [0.05, 0.1) is 0 Å². The Labute approximate surface area is 125 Å². The molecule has 2 aliphatic carbocycles. The normalized spacial score (nSPS) is 18.6. The largest absolute Gasteiger partial charge is 0.0620 e. The van der Waals surface area contributed by atoms with Crippen molar-refractivity contribution in [2.45, 2.75) is 18.3 Å². The first-order valence-corrected chi connectivity index (χ1v) is 7.69. The molecule has 0 radical (unpaired) electrons. The molecule has 0 N–H and O–H groups in total. The minimum absolute atomic E-state index is 0.535. The van der Waals surface area contributed by atoms with E-state index in [9.17, 15) is 0 Å². The Balaban J connectivity index is 1.71. The Morgan fingerprint density at radius 3 is 1.71 bits per heavy atom. The van der Waals surface area contributed by atoms with E-state index >= 15 is 0 Å². The molecule has 0 heterocycles. The summed E-state index contributed by atoms with van der Waals surface area (Å²) in [5.41, 5.74) is 8.97. The van der Waals surface area contributed by atoms with E-state index < -0.39 is 0 Å². The fourth-order valence-electron chi connectivity index (χ4n) is 4.22. The van der Waals surface area contributed by atoms with Gasteiger partial charge in [0, 0.05) is 5.92 Å². The maximum atomic E-state index is 2.32. The zero-order valence-electron chi connectivity index (χ0n) is 11.8. The lowest BCUT2D eigenvalue weighted by Gasteiger charge is -2.36. The predicted molar refractivity (Wildman–Crippen MR) is 86.6 cm³/mol. The van der Waals surface area contributed by atoms with Crippen LogP contribution in [0.2, 0.25) is 0 Å². The lowest BCUT2D eigenvalue weighted by Crippen LogP contribution is -2.23. The fourth-order valence-corrected chi connectivity index (χ4v) is 4.22. The number of hydrogen-bond acceptors (Lipinski definition) is 0. The van der Waals surface area contributed by atoms with Crippen LogP contribution in [0.25, 0.3) is 11.1 Å². The minimum Gasteiger partial charge on any atom is -0.0620 e. The third-order valence-electron chi connectivity index (χ3n) is 5.18. The summed E-state index contributed by atoms with van der Waals surface area (Å²) in [6.45, 7) is 0. The van der Waals surface area contributed by atoms with E-state index in [1.807, 2.05) is 0 Å². The van der Waals surface area contributed by atoms with Crippen molar-refractivity contribution in [1.29, 1.82) is 0 Å². The summed E-state index contributed by atoms with van der Waals surface area (Å²) in [4.78, 5) is 0. The van der Waals surface area contributed by atoms with Gasteiger partial charge in [-0.25, -0.2) is 0 Å². The molecule has 2 aliphatic rings. The Morgan fingerprint density at radius 1 is 0.571 bits per heavy atom. The van der Waals surface area contributed by atoms with Crippen molar-refractivity contribution in [3.63, 3.8) is 0 Å². The van der Waals surface area contributed by atoms with Crippen LogP contribution in [0.15, 0.2) is 72.8 Å². The molecule has 0 spiro atoms. The first-order valence-electron chi connectivity index (χ1n) is 7.69. The molecule has 0 bridgehead atoms. The molecule has 1 unspecified atom stereocenters. The van der Waals surface area contributed by atoms with Crippen molar-refractivity contribution < 1.29 is 0 Å². The fraction of sp³-hybridized carbons (Fsp3) is 0.143. The molecule has 0 saturated carbocycles. The standard InChI is InChI=1S/C21H16/c1-2-8-15-14(7-1)13-20(15)21-18-11-5-3-9-16(18)17-10-4-6-12-19(17)21/h1-12,20-21H,13H2. The summed E-state index contributed by atoms with van der Waals surface area (Å²) in [5, 5.41) is 0. The third kappa shape index (κ3) is 1.45. The van der Waals surface area contributed by atoms with E-state index in [1.165, 1.54) is 34.2 Å². The van der Waals surface area contributed by atoms with Crippen molar-refractivity contribution in [2.75, 3.05) is 0 Å². The van der Waals surface area contributed by atoms with Gasteiger partial charge in [0.15, 0.2) is 0 Å². The summed E-state index contributed by atoms with van der Waals surface area (Å²) in [6.07, 6.45) is 1.21. The van der Waals surface area contributed by atoms with Gasteiger partial charge in [-0.05, 0) is 45.7 Å². The second-order valence-corrected chi connectivity index (χ2v) is 6.16. The average Bonchev–Trinajstić information content (AvgIpc) is 2.84. The van der Waals surface area contributed by atoms with Crippen LogP contribution in [-0.2, 0) is 6.42 Å². The number of rotatable bonds is 1. The van der Waals surface area contributed by atoms with Crippen molar-refractivity contribution in [3.8, 4) is 11.1 Å². The zero-order chi connectivity index (χ0) is 13.8. The van der Waals surface area contributed by atoms with Crippen LogP contribution < -0.4 is 0 Å². The predicted octanol–water partition coefficient (Wildman–Crippen LogP) is 5.14. The molecule has 0 heteroatoms. The van der Waals surface area contributed by atoms with Gasteiger partial charge in [0.1, 0.15) is 0 Å². The molecule has 0 aliphatic heterocycles. The van der Waals surface area contributed by atoms with Gasteiger partial charge in [-0.15, -0.1) is 0 Å². The Bertz CT molecular complexity index is 798. The zero-order valence-corrected chi connectivity index (χ0v) is 11.8. The molecule has 100 valence electrons. The molecule has 0 nitrogen and oxygen atoms in total. The number of hydrogen-bond donors (Lipinski definition) is 0. The van der Waals surface area contributed by atoms with Gasteiger partial charge in [0.2, 0.25) is 0 Å². The van der Waals surface area contributed by atoms with Crippen LogP contribution in [0.1, 0.15) is 34.1 Å². The molecular formula is C21H16. The maximum absolute atomic E-state index is 2.32. The van der Waals surface area contributed by atoms with Gasteiger partial charge in [-0.1, -0.05) is 72.8 Å². The molecule has 3 aromatic rings. The number of benzene rings is 3. The number of fused-ring (bicyclic) bond motifs is 4. The molecule has 0 aromatic heterocycles. The summed E-state index contributed by atoms with van der Waals surface area (Å²) >= 11 is 0. The summed E-state index contributed by atoms with van der Waals surface area (Å²) in [5.74, 6) is 1.18. The quantitative estimate of drug-likeness (QED) is 0.573. The monoisotopic (exact) mass is 268 g/mol. The molecule has 21 heavy (non-hydrogen) atoms. The second-order valence-electron chi connectivity index (χ2n) is 6.16. The SMILES string of the molecule is c1ccc2c(c1)CC2C1c2ccccc2-c2ccccc21. The lowest BCUT2D eigenvalue weighted by molar-refractivity contribution is 0.548. The smallest absolute Gasteiger partial charge is 0.0174 e. The molecule has 0 amide bonds. The van der Waals surface area contributed by atoms with Crippen LogP contribution in [0, 0.1) is 0 Å². The Kier molecular flexibility index (Phi) is 2.20. The molecular weight excluding hydrogens is 252 g/mol. The van der Waals surface area contributed by atoms with E-state index in [4.69, 9.17) is 0 Å². The summed E-state index contributed by atoms with van der Waals surface area (Å²) in [7, 11) is 0. The maximum Gasteiger partial charge on any atom is 0.0174 e. The highest BCUT2D eigenvalue weighted by Gasteiger charge is 2.39. The molecule has 3 aromatic carbocycles. The molecule has 0 saturated heterocycles. The topological polar surface area (TPSA) is 0 Å². The van der Waals surface area contributed by atoms with Crippen LogP contribution in [0.4, 0.5) is 0 Å². The summed E-state index contributed by atoms with van der Waals surface area (Å²) in [6, 6.07) is 26.8. The van der Waals surface area contributed by atoms with Crippen LogP contribution >= 0.6 is 0 Å². The van der Waals surface area contributed by atoms with Gasteiger partial charge < -0.3 is 0 Å². The van der Waals surface area contributed by atoms with Gasteiger partial charge in [-0.3, -0.25) is 0 Å². The average molecular weight is 268 g/mol. The van der Waals surface area contributed by atoms with Gasteiger partial charge in [-0.2, -0.15) is 0 Å². The third-order valence-corrected chi connectivity index (χ3v) is 5.18. The molecule has 1 atom stereocenters. The van der Waals surface area contributed by atoms with Crippen LogP contribution in [0.3, 0.4) is 0 Å². The second kappa shape index (κ2) is 4.08. The van der Waals surface area contributed by atoms with E-state index in [1.54, 1.807) is 5.56 Å². The van der Waals surface area contributed by atoms with Crippen molar-refractivity contribution >= 4 is 0 Å². The highest BCUT2D eigenvalue weighted by molar-refractivity contribution is 5.79. The van der Waals surface area contributed by atoms with E-state index in [0.717, 1.165) is 0 Å². The highest BCUT2D eigenvalue weighted by atomic mass is 14.4. The highest BCUT2D eigenvalue weighted by Crippen LogP contribution is 2.55. The van der Waals surface area contributed by atoms with E-state index in [2.05, 4.69) is 72.8 Å². The van der Waals surface area contributed by atoms with Crippen LogP contribution in [0.5, 0.6) is 0 Å². The first kappa shape index (κ1) is 11.3. The first-order chi connectivity index (χ1) is 10.4. The van der Waals surface area contributed by atoms with Crippen molar-refractivity contribution in [3.05, 3.63) is 95.1 Å². The lowest BCUT2D eigenvalue weighted by atomic mass is 9.68. The van der Waals surface area contributed by atoms with E-state index in [0.29, 0.717) is 11.8 Å². The van der Waals surface area contributed by atoms with Crippen molar-refractivity contribution in [2.24, 2.45) is 0 Å².